The van der Waals surface area contributed by atoms with Gasteiger partial charge in [-0.25, -0.2) is 0 Å². The maximum atomic E-state index is 12.2. The fourth-order valence-corrected chi connectivity index (χ4v) is 4.13. The van der Waals surface area contributed by atoms with Crippen molar-refractivity contribution in [3.63, 3.8) is 0 Å². The molecule has 2 aromatic rings. The Bertz CT molecular complexity index is 977. The average molecular weight is 450 g/mol. The van der Waals surface area contributed by atoms with E-state index in [1.807, 2.05) is 31.2 Å². The smallest absolute Gasteiger partial charge is 0.265 e. The third-order valence-electron chi connectivity index (χ3n) is 4.22. The Kier molecular flexibility index (Phi) is 7.05. The first-order chi connectivity index (χ1) is 13.9. The Morgan fingerprint density at radius 3 is 2.55 bits per heavy atom. The summed E-state index contributed by atoms with van der Waals surface area (Å²) in [6.07, 6.45) is 1.74. The zero-order valence-electron chi connectivity index (χ0n) is 16.2. The Morgan fingerprint density at radius 1 is 1.17 bits per heavy atom. The molecule has 0 spiro atoms. The number of nitrogens with zero attached hydrogens (tertiary/aromatic N) is 1. The second-order valence-electron chi connectivity index (χ2n) is 6.24. The third-order valence-corrected chi connectivity index (χ3v) is 5.98. The number of para-hydroxylation sites is 1. The normalized spacial score (nSPS) is 15.2. The molecule has 1 aliphatic heterocycles. The number of thioether (sulfide) groups is 1. The van der Waals surface area contributed by atoms with Crippen molar-refractivity contribution in [1.29, 1.82) is 0 Å². The number of benzene rings is 2. The Morgan fingerprint density at radius 2 is 1.90 bits per heavy atom. The van der Waals surface area contributed by atoms with Crippen LogP contribution in [0.1, 0.15) is 11.1 Å². The van der Waals surface area contributed by atoms with E-state index in [4.69, 9.17) is 38.0 Å². The molecule has 0 aromatic heterocycles. The summed E-state index contributed by atoms with van der Waals surface area (Å²) in [4.78, 5) is 14.2. The van der Waals surface area contributed by atoms with Gasteiger partial charge in [0.15, 0.2) is 11.5 Å². The number of amides is 1. The zero-order chi connectivity index (χ0) is 21.0. The van der Waals surface area contributed by atoms with Crippen LogP contribution in [0, 0.1) is 6.92 Å². The summed E-state index contributed by atoms with van der Waals surface area (Å²) in [5, 5.41) is 0.387. The van der Waals surface area contributed by atoms with Crippen LogP contribution < -0.4 is 14.2 Å². The minimum absolute atomic E-state index is 0.135. The number of thiocarbonyl (C=S) groups is 1. The van der Waals surface area contributed by atoms with Crippen molar-refractivity contribution in [2.24, 2.45) is 0 Å². The second-order valence-corrected chi connectivity index (χ2v) is 8.32. The van der Waals surface area contributed by atoms with Crippen molar-refractivity contribution < 1.29 is 19.0 Å². The van der Waals surface area contributed by atoms with Crippen LogP contribution in [0.3, 0.4) is 0 Å². The van der Waals surface area contributed by atoms with E-state index < -0.39 is 0 Å². The Balaban J connectivity index is 1.69. The lowest BCUT2D eigenvalue weighted by Gasteiger charge is -2.14. The highest BCUT2D eigenvalue weighted by Gasteiger charge is 2.28. The number of aryl methyl sites for hydroxylation is 1. The van der Waals surface area contributed by atoms with Crippen molar-refractivity contribution in [3.8, 4) is 17.2 Å². The van der Waals surface area contributed by atoms with Gasteiger partial charge in [0.1, 0.15) is 23.3 Å². The van der Waals surface area contributed by atoms with E-state index in [1.54, 1.807) is 25.3 Å². The molecule has 8 heteroatoms. The molecule has 5 nitrogen and oxygen atoms in total. The Labute approximate surface area is 184 Å². The highest BCUT2D eigenvalue weighted by atomic mass is 35.5. The van der Waals surface area contributed by atoms with Crippen molar-refractivity contribution in [1.82, 2.24) is 4.90 Å². The van der Waals surface area contributed by atoms with Crippen LogP contribution in [0.2, 0.25) is 5.02 Å². The van der Waals surface area contributed by atoms with Crippen LogP contribution in [-0.2, 0) is 4.79 Å². The van der Waals surface area contributed by atoms with E-state index in [0.717, 1.165) is 16.9 Å². The lowest BCUT2D eigenvalue weighted by atomic mass is 10.2. The van der Waals surface area contributed by atoms with Gasteiger partial charge in [0, 0.05) is 7.05 Å². The molecule has 0 aliphatic carbocycles. The molecule has 0 saturated carbocycles. The molecule has 1 saturated heterocycles. The number of halogens is 1. The molecule has 2 aromatic carbocycles. The third kappa shape index (κ3) is 5.04. The van der Waals surface area contributed by atoms with Crippen LogP contribution in [0.4, 0.5) is 0 Å². The number of hydrogen-bond donors (Lipinski definition) is 0. The van der Waals surface area contributed by atoms with E-state index in [2.05, 4.69) is 0 Å². The quantitative estimate of drug-likeness (QED) is 0.339. The van der Waals surface area contributed by atoms with E-state index >= 15 is 0 Å². The van der Waals surface area contributed by atoms with Crippen molar-refractivity contribution in [2.45, 2.75) is 6.92 Å². The number of carbonyl (C=O) groups excluding carboxylic acids is 1. The van der Waals surface area contributed by atoms with Crippen LogP contribution >= 0.6 is 35.6 Å². The van der Waals surface area contributed by atoms with Crippen LogP contribution in [0.5, 0.6) is 17.2 Å². The van der Waals surface area contributed by atoms with Gasteiger partial charge in [-0.05, 0) is 42.3 Å². The maximum absolute atomic E-state index is 12.2. The summed E-state index contributed by atoms with van der Waals surface area (Å²) in [5.41, 5.74) is 1.79. The SMILES string of the molecule is COc1cc(/C=C2\SC(=S)N(C)C2=O)cc(Cl)c1OCCOc1ccccc1C. The molecular weight excluding hydrogens is 430 g/mol. The molecule has 29 heavy (non-hydrogen) atoms. The second kappa shape index (κ2) is 9.52. The van der Waals surface area contributed by atoms with Gasteiger partial charge in [0.2, 0.25) is 0 Å². The van der Waals surface area contributed by atoms with Gasteiger partial charge in [-0.2, -0.15) is 0 Å². The molecule has 0 radical (unpaired) electrons. The minimum atomic E-state index is -0.135. The lowest BCUT2D eigenvalue weighted by Crippen LogP contribution is -2.22. The van der Waals surface area contributed by atoms with E-state index in [1.165, 1.54) is 23.8 Å². The minimum Gasteiger partial charge on any atom is -0.493 e. The van der Waals surface area contributed by atoms with Crippen LogP contribution in [-0.4, -0.2) is 42.5 Å². The summed E-state index contributed by atoms with van der Waals surface area (Å²) in [6.45, 7) is 2.66. The van der Waals surface area contributed by atoms with Gasteiger partial charge in [0.05, 0.1) is 17.0 Å². The fraction of sp³-hybridized carbons (Fsp3) is 0.238. The predicted molar refractivity (Wildman–Crippen MR) is 121 cm³/mol. The molecule has 152 valence electrons. The van der Waals surface area contributed by atoms with Gasteiger partial charge in [-0.3, -0.25) is 9.69 Å². The number of rotatable bonds is 7. The number of methoxy groups -OCH3 is 1. The van der Waals surface area contributed by atoms with E-state index in [-0.39, 0.29) is 5.91 Å². The predicted octanol–water partition coefficient (Wildman–Crippen LogP) is 4.95. The number of hydrogen-bond acceptors (Lipinski definition) is 6. The average Bonchev–Trinajstić information content (AvgIpc) is 2.94. The molecule has 1 aliphatic rings. The van der Waals surface area contributed by atoms with Crippen LogP contribution in [0.15, 0.2) is 41.3 Å². The van der Waals surface area contributed by atoms with Crippen molar-refractivity contribution >= 4 is 51.9 Å². The zero-order valence-corrected chi connectivity index (χ0v) is 18.6. The summed E-state index contributed by atoms with van der Waals surface area (Å²) < 4.78 is 17.5. The maximum Gasteiger partial charge on any atom is 0.265 e. The first kappa shape index (κ1) is 21.5. The molecule has 3 rings (SSSR count). The molecule has 0 unspecified atom stereocenters. The summed E-state index contributed by atoms with van der Waals surface area (Å²) in [5.74, 6) is 1.59. The van der Waals surface area contributed by atoms with Gasteiger partial charge in [-0.1, -0.05) is 53.8 Å². The molecule has 0 N–H and O–H groups in total. The fourth-order valence-electron chi connectivity index (χ4n) is 2.67. The highest BCUT2D eigenvalue weighted by Crippen LogP contribution is 2.38. The molecule has 0 bridgehead atoms. The largest absolute Gasteiger partial charge is 0.493 e. The molecular formula is C21H20ClNO4S2. The van der Waals surface area contributed by atoms with Gasteiger partial charge >= 0.3 is 0 Å². The molecule has 1 fully saturated rings. The first-order valence-electron chi connectivity index (χ1n) is 8.81. The monoisotopic (exact) mass is 449 g/mol. The molecule has 1 amide bonds. The summed E-state index contributed by atoms with van der Waals surface area (Å²) in [6, 6.07) is 11.3. The number of likely N-dealkylation sites (N-methyl/N-ethyl adjacent to an activating group) is 1. The number of ether oxygens (including phenoxy) is 3. The van der Waals surface area contributed by atoms with Gasteiger partial charge in [-0.15, -0.1) is 0 Å². The van der Waals surface area contributed by atoms with Crippen molar-refractivity contribution in [2.75, 3.05) is 27.4 Å². The van der Waals surface area contributed by atoms with Gasteiger partial charge in [0.25, 0.3) is 5.91 Å². The topological polar surface area (TPSA) is 48.0 Å². The standard InChI is InChI=1S/C21H20ClNO4S2/c1-13-6-4-5-7-16(13)26-8-9-27-19-15(22)10-14(11-17(19)25-3)12-18-20(24)23(2)21(28)29-18/h4-7,10-12H,8-9H2,1-3H3/b18-12-. The molecule has 1 heterocycles. The summed E-state index contributed by atoms with van der Waals surface area (Å²) in [7, 11) is 3.19. The van der Waals surface area contributed by atoms with Crippen molar-refractivity contribution in [3.05, 3.63) is 57.5 Å². The van der Waals surface area contributed by atoms with Gasteiger partial charge < -0.3 is 14.2 Å². The first-order valence-corrected chi connectivity index (χ1v) is 10.4. The van der Waals surface area contributed by atoms with Crippen LogP contribution in [0.25, 0.3) is 6.08 Å². The van der Waals surface area contributed by atoms with E-state index in [9.17, 15) is 4.79 Å². The molecule has 0 atom stereocenters. The lowest BCUT2D eigenvalue weighted by molar-refractivity contribution is -0.121. The number of carbonyl (C=O) groups is 1. The summed E-state index contributed by atoms with van der Waals surface area (Å²) >= 11 is 12.8. The Hall–Kier alpha value is -2.22. The highest BCUT2D eigenvalue weighted by molar-refractivity contribution is 8.26. The van der Waals surface area contributed by atoms with E-state index in [0.29, 0.717) is 39.0 Å².